The summed E-state index contributed by atoms with van der Waals surface area (Å²) in [5.41, 5.74) is -0.833. The third-order valence-electron chi connectivity index (χ3n) is 9.04. The van der Waals surface area contributed by atoms with Crippen LogP contribution < -0.4 is 4.72 Å². The van der Waals surface area contributed by atoms with E-state index in [-0.39, 0.29) is 23.4 Å². The summed E-state index contributed by atoms with van der Waals surface area (Å²) in [7, 11) is 0. The standard InChI is InChI=1S/C23H34F3NS/c1-14(2)18-7-8-19-17-6-5-15-13-16(27-28-23(24,25)26)9-11-21(15,3)20(17)10-12-22(18,19)4/h5,16-20,27H,1,6-13H2,2-4H3. The average Bonchev–Trinajstić information content (AvgIpc) is 2.96. The van der Waals surface area contributed by atoms with E-state index in [9.17, 15) is 13.2 Å². The topological polar surface area (TPSA) is 12.0 Å². The second-order valence-corrected chi connectivity index (χ2v) is 11.3. The van der Waals surface area contributed by atoms with E-state index >= 15 is 0 Å². The minimum absolute atomic E-state index is 0.0596. The molecule has 7 atom stereocenters. The van der Waals surface area contributed by atoms with E-state index in [2.05, 4.69) is 38.1 Å². The van der Waals surface area contributed by atoms with Gasteiger partial charge in [0.05, 0.1) is 0 Å². The molecule has 28 heavy (non-hydrogen) atoms. The number of fused-ring (bicyclic) bond motifs is 5. The third-order valence-corrected chi connectivity index (χ3v) is 9.72. The summed E-state index contributed by atoms with van der Waals surface area (Å²) in [4.78, 5) is 0. The smallest absolute Gasteiger partial charge is 0.253 e. The van der Waals surface area contributed by atoms with Gasteiger partial charge in [-0.15, -0.1) is 0 Å². The molecule has 0 aliphatic heterocycles. The predicted molar refractivity (Wildman–Crippen MR) is 111 cm³/mol. The van der Waals surface area contributed by atoms with Gasteiger partial charge in [-0.25, -0.2) is 0 Å². The summed E-state index contributed by atoms with van der Waals surface area (Å²) in [6.07, 6.45) is 11.3. The van der Waals surface area contributed by atoms with Crippen molar-refractivity contribution in [2.24, 2.45) is 34.5 Å². The molecule has 4 aliphatic rings. The van der Waals surface area contributed by atoms with Gasteiger partial charge in [0.2, 0.25) is 0 Å². The molecular weight excluding hydrogens is 379 g/mol. The Kier molecular flexibility index (Phi) is 5.27. The summed E-state index contributed by atoms with van der Waals surface area (Å²) in [5, 5.41) is 0. The van der Waals surface area contributed by atoms with E-state index in [1.165, 1.54) is 36.8 Å². The van der Waals surface area contributed by atoms with Gasteiger partial charge >= 0.3 is 5.51 Å². The van der Waals surface area contributed by atoms with E-state index in [0.717, 1.165) is 37.5 Å². The molecule has 7 unspecified atom stereocenters. The largest absolute Gasteiger partial charge is 0.456 e. The lowest BCUT2D eigenvalue weighted by Gasteiger charge is -2.58. The zero-order chi connectivity index (χ0) is 20.3. The maximum atomic E-state index is 12.6. The van der Waals surface area contributed by atoms with Gasteiger partial charge in [-0.2, -0.15) is 13.2 Å². The van der Waals surface area contributed by atoms with Gasteiger partial charge in [0, 0.05) is 18.0 Å². The molecular formula is C23H34F3NS. The zero-order valence-corrected chi connectivity index (χ0v) is 18.2. The van der Waals surface area contributed by atoms with Crippen LogP contribution in [0.3, 0.4) is 0 Å². The van der Waals surface area contributed by atoms with Crippen molar-refractivity contribution in [3.8, 4) is 0 Å². The van der Waals surface area contributed by atoms with Gasteiger partial charge < -0.3 is 0 Å². The molecule has 0 aromatic rings. The van der Waals surface area contributed by atoms with Gasteiger partial charge in [0.25, 0.3) is 0 Å². The van der Waals surface area contributed by atoms with Crippen molar-refractivity contribution < 1.29 is 13.2 Å². The Bertz CT molecular complexity index is 671. The number of halogens is 3. The first-order chi connectivity index (χ1) is 13.0. The van der Waals surface area contributed by atoms with E-state index in [4.69, 9.17) is 0 Å². The van der Waals surface area contributed by atoms with E-state index in [0.29, 0.717) is 17.3 Å². The van der Waals surface area contributed by atoms with Gasteiger partial charge in [0.1, 0.15) is 0 Å². The first-order valence-electron chi connectivity index (χ1n) is 10.9. The van der Waals surface area contributed by atoms with Crippen molar-refractivity contribution in [2.45, 2.75) is 83.7 Å². The molecule has 5 heteroatoms. The van der Waals surface area contributed by atoms with Crippen LogP contribution in [0.1, 0.15) is 72.1 Å². The van der Waals surface area contributed by atoms with Crippen molar-refractivity contribution in [3.63, 3.8) is 0 Å². The van der Waals surface area contributed by atoms with Crippen LogP contribution in [0.2, 0.25) is 0 Å². The molecule has 1 N–H and O–H groups in total. The molecule has 0 bridgehead atoms. The Labute approximate surface area is 172 Å². The average molecular weight is 414 g/mol. The minimum atomic E-state index is -4.21. The monoisotopic (exact) mass is 413 g/mol. The summed E-state index contributed by atoms with van der Waals surface area (Å²) < 4.78 is 40.4. The first-order valence-corrected chi connectivity index (χ1v) is 11.7. The van der Waals surface area contributed by atoms with Crippen LogP contribution in [0.25, 0.3) is 0 Å². The Morgan fingerprint density at radius 3 is 2.57 bits per heavy atom. The Morgan fingerprint density at radius 2 is 1.89 bits per heavy atom. The number of hydrogen-bond acceptors (Lipinski definition) is 2. The molecule has 0 heterocycles. The normalized spacial score (nSPS) is 45.6. The Balaban J connectivity index is 1.51. The minimum Gasteiger partial charge on any atom is -0.253 e. The van der Waals surface area contributed by atoms with Gasteiger partial charge in [-0.1, -0.05) is 37.6 Å². The quantitative estimate of drug-likeness (QED) is 0.386. The fraction of sp³-hybridized carbons (Fsp3) is 0.826. The molecule has 0 spiro atoms. The lowest BCUT2D eigenvalue weighted by atomic mass is 9.47. The maximum Gasteiger partial charge on any atom is 0.456 e. The van der Waals surface area contributed by atoms with Crippen LogP contribution in [0, 0.1) is 34.5 Å². The summed E-state index contributed by atoms with van der Waals surface area (Å²) >= 11 is -0.0694. The molecule has 3 fully saturated rings. The highest BCUT2D eigenvalue weighted by molar-refractivity contribution is 7.98. The summed E-state index contributed by atoms with van der Waals surface area (Å²) in [5.74, 6) is 2.88. The van der Waals surface area contributed by atoms with Crippen molar-refractivity contribution >= 4 is 11.9 Å². The number of nitrogens with one attached hydrogen (secondary N) is 1. The second-order valence-electron chi connectivity index (χ2n) is 10.4. The fourth-order valence-electron chi connectivity index (χ4n) is 7.72. The van der Waals surface area contributed by atoms with Gasteiger partial charge in [0.15, 0.2) is 0 Å². The van der Waals surface area contributed by atoms with Gasteiger partial charge in [-0.05, 0) is 92.8 Å². The molecule has 158 valence electrons. The molecule has 0 radical (unpaired) electrons. The highest BCUT2D eigenvalue weighted by Gasteiger charge is 2.58. The van der Waals surface area contributed by atoms with Crippen LogP contribution in [-0.2, 0) is 0 Å². The van der Waals surface area contributed by atoms with Crippen molar-refractivity contribution in [1.29, 1.82) is 0 Å². The molecule has 4 aliphatic carbocycles. The van der Waals surface area contributed by atoms with E-state index in [1.54, 1.807) is 0 Å². The predicted octanol–water partition coefficient (Wildman–Crippen LogP) is 7.27. The number of alkyl halides is 3. The highest BCUT2D eigenvalue weighted by atomic mass is 32.2. The van der Waals surface area contributed by atoms with Crippen LogP contribution >= 0.6 is 11.9 Å². The molecule has 0 aromatic heterocycles. The van der Waals surface area contributed by atoms with Crippen molar-refractivity contribution in [1.82, 2.24) is 4.72 Å². The number of allylic oxidation sites excluding steroid dienone is 2. The highest BCUT2D eigenvalue weighted by Crippen LogP contribution is 2.67. The molecule has 0 saturated heterocycles. The van der Waals surface area contributed by atoms with Gasteiger partial charge in [-0.3, -0.25) is 4.72 Å². The van der Waals surface area contributed by atoms with E-state index < -0.39 is 5.51 Å². The van der Waals surface area contributed by atoms with E-state index in [1.807, 2.05) is 0 Å². The van der Waals surface area contributed by atoms with Crippen LogP contribution in [0.4, 0.5) is 13.2 Å². The van der Waals surface area contributed by atoms with Crippen LogP contribution in [0.15, 0.2) is 23.8 Å². The molecule has 4 rings (SSSR count). The fourth-order valence-corrected chi connectivity index (χ4v) is 8.22. The molecule has 1 nitrogen and oxygen atoms in total. The first kappa shape index (κ1) is 20.8. The molecule has 3 saturated carbocycles. The molecule has 0 amide bonds. The molecule has 0 aromatic carbocycles. The second kappa shape index (κ2) is 7.08. The Morgan fingerprint density at radius 1 is 1.14 bits per heavy atom. The SMILES string of the molecule is C=C(C)C1CCC2C3CC=C4CC(NSC(F)(F)F)CCC4(C)C3CCC12C. The lowest BCUT2D eigenvalue weighted by Crippen LogP contribution is -2.51. The Hall–Kier alpha value is -0.420. The maximum absolute atomic E-state index is 12.6. The zero-order valence-electron chi connectivity index (χ0n) is 17.4. The number of rotatable bonds is 3. The lowest BCUT2D eigenvalue weighted by molar-refractivity contribution is -0.0385. The van der Waals surface area contributed by atoms with Crippen molar-refractivity contribution in [2.75, 3.05) is 0 Å². The van der Waals surface area contributed by atoms with Crippen LogP contribution in [-0.4, -0.2) is 11.6 Å². The third kappa shape index (κ3) is 3.38. The summed E-state index contributed by atoms with van der Waals surface area (Å²) in [6.45, 7) is 11.4. The summed E-state index contributed by atoms with van der Waals surface area (Å²) in [6, 6.07) is -0.0596. The van der Waals surface area contributed by atoms with Crippen LogP contribution in [0.5, 0.6) is 0 Å². The number of hydrogen-bond donors (Lipinski definition) is 1. The van der Waals surface area contributed by atoms with Crippen molar-refractivity contribution in [3.05, 3.63) is 23.8 Å².